The summed E-state index contributed by atoms with van der Waals surface area (Å²) in [5, 5.41) is 7.80. The maximum Gasteiger partial charge on any atom is 0.142 e. The van der Waals surface area contributed by atoms with E-state index in [9.17, 15) is 0 Å². The maximum atomic E-state index is 5.72. The summed E-state index contributed by atoms with van der Waals surface area (Å²) >= 11 is 0. The van der Waals surface area contributed by atoms with E-state index in [1.165, 1.54) is 0 Å². The van der Waals surface area contributed by atoms with Crippen LogP contribution in [0.5, 0.6) is 0 Å². The van der Waals surface area contributed by atoms with Crippen molar-refractivity contribution < 1.29 is 0 Å². The van der Waals surface area contributed by atoms with Gasteiger partial charge in [-0.05, 0) is 29.7 Å². The van der Waals surface area contributed by atoms with E-state index < -0.39 is 0 Å². The fourth-order valence-corrected chi connectivity index (χ4v) is 2.50. The van der Waals surface area contributed by atoms with Crippen LogP contribution >= 0.6 is 0 Å². The van der Waals surface area contributed by atoms with Gasteiger partial charge in [-0.25, -0.2) is 4.98 Å². The average molecular weight is 281 g/mol. The molecule has 0 aliphatic heterocycles. The molecule has 0 atom stereocenters. The molecule has 0 spiro atoms. The van der Waals surface area contributed by atoms with E-state index in [0.717, 1.165) is 34.5 Å². The SMILES string of the molecule is CC(C)Cn1c(-c2ccnnc2)nc2cc(CN)ccc21. The molecule has 3 aromatic rings. The lowest BCUT2D eigenvalue weighted by atomic mass is 10.2. The molecule has 0 aliphatic carbocycles. The average Bonchev–Trinajstić information content (AvgIpc) is 2.85. The van der Waals surface area contributed by atoms with Crippen LogP contribution < -0.4 is 5.73 Å². The normalized spacial score (nSPS) is 11.4. The van der Waals surface area contributed by atoms with Crippen molar-refractivity contribution in [1.29, 1.82) is 0 Å². The summed E-state index contributed by atoms with van der Waals surface area (Å²) in [5.41, 5.74) is 9.91. The Bertz CT molecular complexity index is 746. The molecule has 0 aliphatic rings. The van der Waals surface area contributed by atoms with Gasteiger partial charge in [0.15, 0.2) is 0 Å². The van der Waals surface area contributed by atoms with Crippen LogP contribution in [0.4, 0.5) is 0 Å². The Morgan fingerprint density at radius 3 is 2.71 bits per heavy atom. The molecular formula is C16H19N5. The molecule has 2 N–H and O–H groups in total. The minimum Gasteiger partial charge on any atom is -0.326 e. The van der Waals surface area contributed by atoms with Gasteiger partial charge in [-0.3, -0.25) is 0 Å². The first-order valence-electron chi connectivity index (χ1n) is 7.15. The number of rotatable bonds is 4. The lowest BCUT2D eigenvalue weighted by Gasteiger charge is -2.11. The second kappa shape index (κ2) is 5.61. The summed E-state index contributed by atoms with van der Waals surface area (Å²) in [6, 6.07) is 8.17. The van der Waals surface area contributed by atoms with Gasteiger partial charge in [0.1, 0.15) is 5.82 Å². The van der Waals surface area contributed by atoms with Crippen molar-refractivity contribution in [2.75, 3.05) is 0 Å². The van der Waals surface area contributed by atoms with Crippen molar-refractivity contribution in [3.8, 4) is 11.4 Å². The quantitative estimate of drug-likeness (QED) is 0.798. The predicted molar refractivity (Wildman–Crippen MR) is 83.5 cm³/mol. The monoisotopic (exact) mass is 281 g/mol. The number of nitrogens with zero attached hydrogens (tertiary/aromatic N) is 4. The zero-order valence-corrected chi connectivity index (χ0v) is 12.3. The van der Waals surface area contributed by atoms with Crippen LogP contribution in [0.1, 0.15) is 19.4 Å². The Kier molecular flexibility index (Phi) is 3.66. The molecule has 5 nitrogen and oxygen atoms in total. The Labute approximate surface area is 123 Å². The highest BCUT2D eigenvalue weighted by Crippen LogP contribution is 2.26. The molecule has 2 aromatic heterocycles. The number of imidazole rings is 1. The van der Waals surface area contributed by atoms with Gasteiger partial charge in [-0.1, -0.05) is 19.9 Å². The topological polar surface area (TPSA) is 69.6 Å². The molecule has 0 saturated heterocycles. The second-order valence-electron chi connectivity index (χ2n) is 5.60. The Morgan fingerprint density at radius 2 is 2.05 bits per heavy atom. The van der Waals surface area contributed by atoms with Gasteiger partial charge >= 0.3 is 0 Å². The first-order valence-corrected chi connectivity index (χ1v) is 7.15. The van der Waals surface area contributed by atoms with Crippen LogP contribution in [0.2, 0.25) is 0 Å². The molecule has 0 radical (unpaired) electrons. The van der Waals surface area contributed by atoms with Crippen molar-refractivity contribution in [2.24, 2.45) is 11.7 Å². The number of fused-ring (bicyclic) bond motifs is 1. The van der Waals surface area contributed by atoms with E-state index >= 15 is 0 Å². The Balaban J connectivity index is 2.22. The number of hydrogen-bond acceptors (Lipinski definition) is 4. The third-order valence-electron chi connectivity index (χ3n) is 3.44. The summed E-state index contributed by atoms with van der Waals surface area (Å²) in [6.45, 7) is 5.85. The lowest BCUT2D eigenvalue weighted by molar-refractivity contribution is 0.536. The highest BCUT2D eigenvalue weighted by Gasteiger charge is 2.14. The minimum atomic E-state index is 0.527. The van der Waals surface area contributed by atoms with E-state index in [-0.39, 0.29) is 0 Å². The number of aromatic nitrogens is 4. The standard InChI is InChI=1S/C16H19N5/c1-11(2)10-21-15-4-3-12(8-17)7-14(15)20-16(21)13-5-6-18-19-9-13/h3-7,9,11H,8,10,17H2,1-2H3. The van der Waals surface area contributed by atoms with Gasteiger partial charge in [0.2, 0.25) is 0 Å². The van der Waals surface area contributed by atoms with Crippen molar-refractivity contribution in [1.82, 2.24) is 19.7 Å². The number of nitrogens with two attached hydrogens (primary N) is 1. The fourth-order valence-electron chi connectivity index (χ4n) is 2.50. The van der Waals surface area contributed by atoms with Crippen LogP contribution in [0.25, 0.3) is 22.4 Å². The third kappa shape index (κ3) is 2.64. The summed E-state index contributed by atoms with van der Waals surface area (Å²) in [7, 11) is 0. The van der Waals surface area contributed by atoms with Gasteiger partial charge in [0.05, 0.1) is 23.4 Å². The van der Waals surface area contributed by atoms with Crippen molar-refractivity contribution >= 4 is 11.0 Å². The van der Waals surface area contributed by atoms with Crippen LogP contribution in [0, 0.1) is 5.92 Å². The largest absolute Gasteiger partial charge is 0.326 e. The summed E-state index contributed by atoms with van der Waals surface area (Å²) in [4.78, 5) is 4.78. The molecule has 108 valence electrons. The molecule has 0 amide bonds. The molecule has 0 bridgehead atoms. The fraction of sp³-hybridized carbons (Fsp3) is 0.312. The summed E-state index contributed by atoms with van der Waals surface area (Å²) in [5.74, 6) is 1.47. The zero-order chi connectivity index (χ0) is 14.8. The molecule has 0 fully saturated rings. The van der Waals surface area contributed by atoms with Gasteiger partial charge in [-0.15, -0.1) is 0 Å². The molecule has 2 heterocycles. The first-order chi connectivity index (χ1) is 10.2. The molecule has 5 heteroatoms. The van der Waals surface area contributed by atoms with Gasteiger partial charge < -0.3 is 10.3 Å². The van der Waals surface area contributed by atoms with Crippen molar-refractivity contribution in [3.05, 3.63) is 42.2 Å². The van der Waals surface area contributed by atoms with Crippen LogP contribution in [0.3, 0.4) is 0 Å². The van der Waals surface area contributed by atoms with E-state index in [2.05, 4.69) is 46.8 Å². The molecule has 21 heavy (non-hydrogen) atoms. The van der Waals surface area contributed by atoms with Gasteiger partial charge in [-0.2, -0.15) is 10.2 Å². The number of benzene rings is 1. The zero-order valence-electron chi connectivity index (χ0n) is 12.3. The minimum absolute atomic E-state index is 0.527. The second-order valence-corrected chi connectivity index (χ2v) is 5.60. The van der Waals surface area contributed by atoms with Gasteiger partial charge in [0, 0.05) is 18.7 Å². The molecule has 3 rings (SSSR count). The Morgan fingerprint density at radius 1 is 1.19 bits per heavy atom. The lowest BCUT2D eigenvalue weighted by Crippen LogP contribution is -2.06. The van der Waals surface area contributed by atoms with Crippen LogP contribution in [-0.4, -0.2) is 19.7 Å². The van der Waals surface area contributed by atoms with E-state index in [4.69, 9.17) is 10.7 Å². The molecular weight excluding hydrogens is 262 g/mol. The molecule has 1 aromatic carbocycles. The Hall–Kier alpha value is -2.27. The first kappa shape index (κ1) is 13.7. The molecule has 0 unspecified atom stereocenters. The highest BCUT2D eigenvalue weighted by molar-refractivity contribution is 5.81. The highest BCUT2D eigenvalue weighted by atomic mass is 15.1. The van der Waals surface area contributed by atoms with E-state index in [1.807, 2.05) is 6.07 Å². The van der Waals surface area contributed by atoms with Gasteiger partial charge in [0.25, 0.3) is 0 Å². The number of hydrogen-bond donors (Lipinski definition) is 1. The predicted octanol–water partition coefficient (Wildman–Crippen LogP) is 2.61. The maximum absolute atomic E-state index is 5.72. The van der Waals surface area contributed by atoms with Crippen molar-refractivity contribution in [3.63, 3.8) is 0 Å². The van der Waals surface area contributed by atoms with Crippen LogP contribution in [-0.2, 0) is 13.1 Å². The van der Waals surface area contributed by atoms with Crippen molar-refractivity contribution in [2.45, 2.75) is 26.9 Å². The molecule has 0 saturated carbocycles. The smallest absolute Gasteiger partial charge is 0.142 e. The van der Waals surface area contributed by atoms with Crippen LogP contribution in [0.15, 0.2) is 36.7 Å². The summed E-state index contributed by atoms with van der Waals surface area (Å²) < 4.78 is 2.25. The third-order valence-corrected chi connectivity index (χ3v) is 3.44. The van der Waals surface area contributed by atoms with E-state index in [0.29, 0.717) is 12.5 Å². The summed E-state index contributed by atoms with van der Waals surface area (Å²) in [6.07, 6.45) is 3.45. The van der Waals surface area contributed by atoms with E-state index in [1.54, 1.807) is 12.4 Å².